The molecule has 2 heteroatoms. The number of hydrogen-bond donors (Lipinski definition) is 0. The topological polar surface area (TPSA) is 17.1 Å². The van der Waals surface area contributed by atoms with E-state index in [1.54, 1.807) is 17.4 Å². The van der Waals surface area contributed by atoms with Gasteiger partial charge in [-0.15, -0.1) is 11.3 Å². The van der Waals surface area contributed by atoms with Crippen molar-refractivity contribution in [2.45, 2.75) is 6.42 Å². The quantitative estimate of drug-likeness (QED) is 0.638. The molecule has 2 aromatic rings. The summed E-state index contributed by atoms with van der Waals surface area (Å²) in [6.07, 6.45) is 4.14. The summed E-state index contributed by atoms with van der Waals surface area (Å²) >= 11 is 1.74. The van der Waals surface area contributed by atoms with Crippen molar-refractivity contribution < 1.29 is 4.79 Å². The van der Waals surface area contributed by atoms with Crippen molar-refractivity contribution in [1.82, 2.24) is 0 Å². The van der Waals surface area contributed by atoms with Crippen LogP contribution in [0.4, 0.5) is 0 Å². The van der Waals surface area contributed by atoms with E-state index in [2.05, 4.69) is 23.6 Å². The Hall–Kier alpha value is -1.41. The van der Waals surface area contributed by atoms with Gasteiger partial charge in [-0.05, 0) is 46.2 Å². The van der Waals surface area contributed by atoms with Crippen molar-refractivity contribution in [3.05, 3.63) is 40.8 Å². The van der Waals surface area contributed by atoms with Gasteiger partial charge in [-0.25, -0.2) is 0 Å². The highest BCUT2D eigenvalue weighted by atomic mass is 32.1. The van der Waals surface area contributed by atoms with Gasteiger partial charge in [0.1, 0.15) is 0 Å². The van der Waals surface area contributed by atoms with Gasteiger partial charge < -0.3 is 0 Å². The Morgan fingerprint density at radius 3 is 3.07 bits per heavy atom. The van der Waals surface area contributed by atoms with Crippen molar-refractivity contribution >= 4 is 33.3 Å². The minimum absolute atomic E-state index is 0.201. The van der Waals surface area contributed by atoms with Gasteiger partial charge in [0.2, 0.25) is 0 Å². The zero-order valence-corrected chi connectivity index (χ0v) is 8.30. The Labute approximate surface area is 85.7 Å². The van der Waals surface area contributed by atoms with Crippen molar-refractivity contribution in [1.29, 1.82) is 0 Å². The highest BCUT2D eigenvalue weighted by Gasteiger charge is 2.11. The number of allylic oxidation sites excluding steroid dienone is 1. The van der Waals surface area contributed by atoms with Gasteiger partial charge in [0, 0.05) is 11.1 Å². The second-order valence-corrected chi connectivity index (χ2v) is 4.43. The minimum Gasteiger partial charge on any atom is -0.294 e. The summed E-state index contributed by atoms with van der Waals surface area (Å²) in [6.45, 7) is 0. The number of carbonyl (C=O) groups excluding carboxylic acids is 1. The van der Waals surface area contributed by atoms with Gasteiger partial charge in [0.25, 0.3) is 0 Å². The minimum atomic E-state index is 0.201. The van der Waals surface area contributed by atoms with Crippen molar-refractivity contribution in [3.8, 4) is 0 Å². The summed E-state index contributed by atoms with van der Waals surface area (Å²) < 4.78 is 1.29. The van der Waals surface area contributed by atoms with E-state index in [1.807, 2.05) is 6.08 Å². The number of ketones is 1. The first kappa shape index (κ1) is 7.94. The average Bonchev–Trinajstić information content (AvgIpc) is 2.61. The summed E-state index contributed by atoms with van der Waals surface area (Å²) in [6, 6.07) is 6.39. The van der Waals surface area contributed by atoms with E-state index in [-0.39, 0.29) is 5.78 Å². The predicted molar refractivity (Wildman–Crippen MR) is 59.6 cm³/mol. The zero-order chi connectivity index (χ0) is 9.54. The molecule has 1 heterocycles. The van der Waals surface area contributed by atoms with Crippen LogP contribution in [0.1, 0.15) is 11.1 Å². The Kier molecular flexibility index (Phi) is 1.58. The van der Waals surface area contributed by atoms with Crippen molar-refractivity contribution in [2.24, 2.45) is 0 Å². The zero-order valence-electron chi connectivity index (χ0n) is 7.49. The molecular formula is C12H8OS. The third-order valence-corrected chi connectivity index (χ3v) is 3.41. The van der Waals surface area contributed by atoms with Crippen LogP contribution < -0.4 is 0 Å². The van der Waals surface area contributed by atoms with Crippen molar-refractivity contribution in [2.75, 3.05) is 0 Å². The monoisotopic (exact) mass is 200 g/mol. The lowest BCUT2D eigenvalue weighted by atomic mass is 9.96. The maximum atomic E-state index is 11.2. The van der Waals surface area contributed by atoms with Crippen LogP contribution in [-0.4, -0.2) is 5.78 Å². The first-order valence-electron chi connectivity index (χ1n) is 4.54. The summed E-state index contributed by atoms with van der Waals surface area (Å²) in [4.78, 5) is 11.2. The van der Waals surface area contributed by atoms with Crippen LogP contribution in [0.3, 0.4) is 0 Å². The van der Waals surface area contributed by atoms with E-state index in [9.17, 15) is 4.79 Å². The Morgan fingerprint density at radius 1 is 1.21 bits per heavy atom. The molecule has 1 aliphatic rings. The summed E-state index contributed by atoms with van der Waals surface area (Å²) in [5.74, 6) is 0.201. The molecule has 0 saturated carbocycles. The van der Waals surface area contributed by atoms with E-state index in [0.29, 0.717) is 6.42 Å². The Morgan fingerprint density at radius 2 is 2.14 bits per heavy atom. The Bertz CT molecular complexity index is 548. The van der Waals surface area contributed by atoms with Gasteiger partial charge in [0.15, 0.2) is 5.78 Å². The van der Waals surface area contributed by atoms with E-state index < -0.39 is 0 Å². The van der Waals surface area contributed by atoms with Gasteiger partial charge in [-0.3, -0.25) is 4.79 Å². The first-order valence-corrected chi connectivity index (χ1v) is 5.42. The van der Waals surface area contributed by atoms with Crippen LogP contribution >= 0.6 is 11.3 Å². The highest BCUT2D eigenvalue weighted by molar-refractivity contribution is 7.17. The molecule has 0 spiro atoms. The highest BCUT2D eigenvalue weighted by Crippen LogP contribution is 2.27. The molecule has 3 rings (SSSR count). The summed E-state index contributed by atoms with van der Waals surface area (Å²) in [7, 11) is 0. The number of hydrogen-bond acceptors (Lipinski definition) is 2. The summed E-state index contributed by atoms with van der Waals surface area (Å²) in [5.41, 5.74) is 2.35. The molecule has 0 radical (unpaired) electrons. The normalized spacial score (nSPS) is 14.7. The fourth-order valence-electron chi connectivity index (χ4n) is 1.81. The lowest BCUT2D eigenvalue weighted by Crippen LogP contribution is -2.04. The Balaban J connectivity index is 2.31. The van der Waals surface area contributed by atoms with Crippen LogP contribution in [0.25, 0.3) is 16.2 Å². The number of rotatable bonds is 0. The van der Waals surface area contributed by atoms with Gasteiger partial charge in [0.05, 0.1) is 0 Å². The number of carbonyl (C=O) groups is 1. The van der Waals surface area contributed by atoms with Crippen LogP contribution in [-0.2, 0) is 11.2 Å². The number of thiophene rings is 1. The SMILES string of the molecule is O=C1C=Cc2cc3sccc3cc2C1. The standard InChI is InChI=1S/C12H8OS/c13-11-2-1-8-7-12-9(3-4-14-12)5-10(8)6-11/h1-5,7H,6H2. The largest absolute Gasteiger partial charge is 0.294 e. The molecular weight excluding hydrogens is 192 g/mol. The van der Waals surface area contributed by atoms with E-state index in [4.69, 9.17) is 0 Å². The van der Waals surface area contributed by atoms with E-state index >= 15 is 0 Å². The number of fused-ring (bicyclic) bond motifs is 2. The summed E-state index contributed by atoms with van der Waals surface area (Å²) in [5, 5.41) is 3.33. The molecule has 0 N–H and O–H groups in total. The fourth-order valence-corrected chi connectivity index (χ4v) is 2.63. The molecule has 1 aromatic carbocycles. The molecule has 0 aliphatic heterocycles. The second kappa shape index (κ2) is 2.79. The molecule has 14 heavy (non-hydrogen) atoms. The van der Waals surface area contributed by atoms with Gasteiger partial charge >= 0.3 is 0 Å². The fraction of sp³-hybridized carbons (Fsp3) is 0.0833. The molecule has 0 amide bonds. The van der Waals surface area contributed by atoms with E-state index in [0.717, 1.165) is 5.56 Å². The number of benzene rings is 1. The molecule has 1 aromatic heterocycles. The lowest BCUT2D eigenvalue weighted by molar-refractivity contribution is -0.114. The average molecular weight is 200 g/mol. The maximum Gasteiger partial charge on any atom is 0.160 e. The lowest BCUT2D eigenvalue weighted by Gasteiger charge is -2.09. The smallest absolute Gasteiger partial charge is 0.160 e. The van der Waals surface area contributed by atoms with Gasteiger partial charge in [-0.2, -0.15) is 0 Å². The molecule has 68 valence electrons. The van der Waals surface area contributed by atoms with Crippen LogP contribution in [0, 0.1) is 0 Å². The van der Waals surface area contributed by atoms with Crippen LogP contribution in [0.15, 0.2) is 29.7 Å². The molecule has 1 aliphatic carbocycles. The first-order chi connectivity index (χ1) is 6.83. The molecule has 0 bridgehead atoms. The molecule has 0 saturated heterocycles. The molecule has 1 nitrogen and oxygen atoms in total. The third kappa shape index (κ3) is 1.11. The van der Waals surface area contributed by atoms with Crippen LogP contribution in [0.2, 0.25) is 0 Å². The van der Waals surface area contributed by atoms with Gasteiger partial charge in [-0.1, -0.05) is 6.08 Å². The van der Waals surface area contributed by atoms with Crippen LogP contribution in [0.5, 0.6) is 0 Å². The van der Waals surface area contributed by atoms with Crippen molar-refractivity contribution in [3.63, 3.8) is 0 Å². The molecule has 0 unspecified atom stereocenters. The second-order valence-electron chi connectivity index (χ2n) is 3.49. The van der Waals surface area contributed by atoms with E-state index in [1.165, 1.54) is 15.6 Å². The molecule has 0 atom stereocenters. The predicted octanol–water partition coefficient (Wildman–Crippen LogP) is 3.04. The molecule has 0 fully saturated rings. The third-order valence-electron chi connectivity index (χ3n) is 2.53. The maximum absolute atomic E-state index is 11.2.